The molecule has 1 aromatic rings. The van der Waals surface area contributed by atoms with E-state index < -0.39 is 12.1 Å². The van der Waals surface area contributed by atoms with Crippen LogP contribution in [-0.2, 0) is 10.2 Å². The maximum absolute atomic E-state index is 10.6. The number of nitriles is 1. The number of nitrogens with one attached hydrogen (secondary N) is 1. The van der Waals surface area contributed by atoms with Crippen molar-refractivity contribution in [3.05, 3.63) is 35.9 Å². The number of piperidine rings is 1. The fraction of sp³-hybridized carbons (Fsp3) is 0.429. The van der Waals surface area contributed by atoms with Gasteiger partial charge in [-0.25, -0.2) is 4.79 Å². The highest BCUT2D eigenvalue weighted by atomic mass is 19.4. The number of carboxylic acids is 1. The highest BCUT2D eigenvalue weighted by Crippen LogP contribution is 2.32. The molecule has 7 heteroatoms. The van der Waals surface area contributed by atoms with Crippen molar-refractivity contribution in [3.8, 4) is 6.07 Å². The minimum absolute atomic E-state index is 0.244. The summed E-state index contributed by atoms with van der Waals surface area (Å²) in [6, 6.07) is 12.6. The molecule has 21 heavy (non-hydrogen) atoms. The fourth-order valence-electron chi connectivity index (χ4n) is 2.08. The van der Waals surface area contributed by atoms with E-state index in [2.05, 4.69) is 23.5 Å². The predicted octanol–water partition coefficient (Wildman–Crippen LogP) is 2.46. The number of hydrogen-bond donors (Lipinski definition) is 2. The summed E-state index contributed by atoms with van der Waals surface area (Å²) in [5, 5.41) is 19.7. The zero-order chi connectivity index (χ0) is 15.9. The van der Waals surface area contributed by atoms with Crippen LogP contribution in [0.4, 0.5) is 13.2 Å². The molecule has 2 N–H and O–H groups in total. The maximum atomic E-state index is 10.6. The molecule has 1 saturated heterocycles. The van der Waals surface area contributed by atoms with Crippen LogP contribution in [-0.4, -0.2) is 30.3 Å². The molecule has 0 aromatic heterocycles. The van der Waals surface area contributed by atoms with Gasteiger partial charge in [-0.2, -0.15) is 18.4 Å². The topological polar surface area (TPSA) is 73.1 Å². The zero-order valence-electron chi connectivity index (χ0n) is 11.2. The molecule has 1 aliphatic heterocycles. The molecule has 1 aromatic carbocycles. The summed E-state index contributed by atoms with van der Waals surface area (Å²) in [6.45, 7) is 1.89. The van der Waals surface area contributed by atoms with Gasteiger partial charge >= 0.3 is 12.1 Å². The van der Waals surface area contributed by atoms with Crippen LogP contribution in [0.2, 0.25) is 0 Å². The Morgan fingerprint density at radius 2 is 1.71 bits per heavy atom. The van der Waals surface area contributed by atoms with Gasteiger partial charge in [0.05, 0.1) is 11.5 Å². The first-order chi connectivity index (χ1) is 9.82. The highest BCUT2D eigenvalue weighted by Gasteiger charge is 2.38. The standard InChI is InChI=1S/C12H14N2.C2HF3O2/c13-10-12(6-8-14-9-7-12)11-4-2-1-3-5-11;3-2(4,5)1(6)7/h1-5,14H,6-9H2;(H,6,7). The second-order valence-electron chi connectivity index (χ2n) is 4.61. The lowest BCUT2D eigenvalue weighted by Crippen LogP contribution is -2.38. The van der Waals surface area contributed by atoms with Gasteiger partial charge in [-0.05, 0) is 31.5 Å². The van der Waals surface area contributed by atoms with E-state index in [1.54, 1.807) is 0 Å². The Labute approximate surface area is 120 Å². The monoisotopic (exact) mass is 300 g/mol. The normalized spacial score (nSPS) is 17.0. The van der Waals surface area contributed by atoms with Crippen LogP contribution in [0.5, 0.6) is 0 Å². The van der Waals surface area contributed by atoms with Crippen molar-refractivity contribution in [3.63, 3.8) is 0 Å². The van der Waals surface area contributed by atoms with E-state index in [-0.39, 0.29) is 5.41 Å². The summed E-state index contributed by atoms with van der Waals surface area (Å²) >= 11 is 0. The van der Waals surface area contributed by atoms with Crippen LogP contribution in [0.1, 0.15) is 18.4 Å². The highest BCUT2D eigenvalue weighted by molar-refractivity contribution is 5.73. The molecule has 0 radical (unpaired) electrons. The van der Waals surface area contributed by atoms with Crippen molar-refractivity contribution >= 4 is 5.97 Å². The van der Waals surface area contributed by atoms with Gasteiger partial charge in [-0.15, -0.1) is 0 Å². The Balaban J connectivity index is 0.000000270. The fourth-order valence-corrected chi connectivity index (χ4v) is 2.08. The molecule has 114 valence electrons. The summed E-state index contributed by atoms with van der Waals surface area (Å²) in [5.74, 6) is -2.76. The van der Waals surface area contributed by atoms with E-state index in [0.29, 0.717) is 0 Å². The second-order valence-corrected chi connectivity index (χ2v) is 4.61. The molecule has 1 fully saturated rings. The van der Waals surface area contributed by atoms with Gasteiger partial charge in [0.2, 0.25) is 0 Å². The SMILES string of the molecule is N#CC1(c2ccccc2)CCNCC1.O=C(O)C(F)(F)F. The van der Waals surface area contributed by atoms with E-state index in [9.17, 15) is 18.4 Å². The van der Waals surface area contributed by atoms with Gasteiger partial charge in [-0.1, -0.05) is 30.3 Å². The minimum atomic E-state index is -5.08. The number of benzene rings is 1. The first-order valence-corrected chi connectivity index (χ1v) is 6.29. The Kier molecular flexibility index (Phi) is 5.73. The number of alkyl halides is 3. The zero-order valence-corrected chi connectivity index (χ0v) is 11.2. The number of aliphatic carboxylic acids is 1. The summed E-state index contributed by atoms with van der Waals surface area (Å²) in [4.78, 5) is 8.90. The third-order valence-corrected chi connectivity index (χ3v) is 3.24. The number of carboxylic acid groups (broad SMARTS) is 1. The molecule has 1 heterocycles. The molecule has 0 bridgehead atoms. The lowest BCUT2D eigenvalue weighted by atomic mass is 9.74. The molecule has 1 aliphatic rings. The van der Waals surface area contributed by atoms with Gasteiger partial charge in [0.1, 0.15) is 0 Å². The van der Waals surface area contributed by atoms with Crippen LogP contribution in [0, 0.1) is 11.3 Å². The lowest BCUT2D eigenvalue weighted by molar-refractivity contribution is -0.192. The van der Waals surface area contributed by atoms with Crippen LogP contribution < -0.4 is 5.32 Å². The molecule has 0 unspecified atom stereocenters. The third kappa shape index (κ3) is 4.76. The van der Waals surface area contributed by atoms with Crippen LogP contribution >= 0.6 is 0 Å². The average molecular weight is 300 g/mol. The lowest BCUT2D eigenvalue weighted by Gasteiger charge is -2.31. The van der Waals surface area contributed by atoms with Crippen molar-refractivity contribution in [1.82, 2.24) is 5.32 Å². The molecular formula is C14H15F3N2O2. The van der Waals surface area contributed by atoms with E-state index in [0.717, 1.165) is 25.9 Å². The predicted molar refractivity (Wildman–Crippen MR) is 69.5 cm³/mol. The van der Waals surface area contributed by atoms with Crippen molar-refractivity contribution in [2.24, 2.45) is 0 Å². The van der Waals surface area contributed by atoms with Gasteiger partial charge in [0.25, 0.3) is 0 Å². The molecular weight excluding hydrogens is 285 g/mol. The summed E-state index contributed by atoms with van der Waals surface area (Å²) in [6.07, 6.45) is -3.24. The average Bonchev–Trinajstić information content (AvgIpc) is 2.48. The third-order valence-electron chi connectivity index (χ3n) is 3.24. The quantitative estimate of drug-likeness (QED) is 0.835. The van der Waals surface area contributed by atoms with Gasteiger partial charge < -0.3 is 10.4 Å². The summed E-state index contributed by atoms with van der Waals surface area (Å²) < 4.78 is 31.7. The second kappa shape index (κ2) is 7.09. The largest absolute Gasteiger partial charge is 0.490 e. The first-order valence-electron chi connectivity index (χ1n) is 6.29. The molecule has 2 rings (SSSR count). The molecule has 0 amide bonds. The van der Waals surface area contributed by atoms with Crippen molar-refractivity contribution < 1.29 is 23.1 Å². The minimum Gasteiger partial charge on any atom is -0.475 e. The molecule has 0 atom stereocenters. The van der Waals surface area contributed by atoms with Crippen molar-refractivity contribution in [1.29, 1.82) is 5.26 Å². The van der Waals surface area contributed by atoms with E-state index in [1.165, 1.54) is 5.56 Å². The van der Waals surface area contributed by atoms with Gasteiger partial charge in [0.15, 0.2) is 0 Å². The van der Waals surface area contributed by atoms with Crippen LogP contribution in [0.25, 0.3) is 0 Å². The Hall–Kier alpha value is -2.07. The Morgan fingerprint density at radius 3 is 2.10 bits per heavy atom. The first kappa shape index (κ1) is 17.0. The molecule has 0 aliphatic carbocycles. The Morgan fingerprint density at radius 1 is 1.24 bits per heavy atom. The number of carbonyl (C=O) groups is 1. The van der Waals surface area contributed by atoms with Gasteiger partial charge in [-0.3, -0.25) is 0 Å². The molecule has 0 saturated carbocycles. The van der Waals surface area contributed by atoms with Crippen LogP contribution in [0.15, 0.2) is 30.3 Å². The van der Waals surface area contributed by atoms with Gasteiger partial charge in [0, 0.05) is 0 Å². The van der Waals surface area contributed by atoms with Crippen molar-refractivity contribution in [2.45, 2.75) is 24.4 Å². The number of halogens is 3. The Bertz CT molecular complexity index is 503. The number of nitrogens with zero attached hydrogens (tertiary/aromatic N) is 1. The number of rotatable bonds is 1. The van der Waals surface area contributed by atoms with Crippen LogP contribution in [0.3, 0.4) is 0 Å². The maximum Gasteiger partial charge on any atom is 0.490 e. The van der Waals surface area contributed by atoms with E-state index in [1.807, 2.05) is 18.2 Å². The van der Waals surface area contributed by atoms with E-state index >= 15 is 0 Å². The smallest absolute Gasteiger partial charge is 0.475 e. The number of hydrogen-bond acceptors (Lipinski definition) is 3. The van der Waals surface area contributed by atoms with Crippen molar-refractivity contribution in [2.75, 3.05) is 13.1 Å². The summed E-state index contributed by atoms with van der Waals surface area (Å²) in [7, 11) is 0. The van der Waals surface area contributed by atoms with E-state index in [4.69, 9.17) is 9.90 Å². The summed E-state index contributed by atoms with van der Waals surface area (Å²) in [5.41, 5.74) is 0.927. The molecule has 4 nitrogen and oxygen atoms in total. The molecule has 0 spiro atoms.